The van der Waals surface area contributed by atoms with Gasteiger partial charge in [-0.15, -0.1) is 6.58 Å². The smallest absolute Gasteiger partial charge is 0.399 e. The van der Waals surface area contributed by atoms with Crippen molar-refractivity contribution >= 4 is 12.6 Å². The average Bonchev–Trinajstić information content (AvgIpc) is 2.71. The number of allylic oxidation sites excluding steroid dienone is 1. The van der Waals surface area contributed by atoms with Crippen LogP contribution in [-0.4, -0.2) is 25.4 Å². The monoisotopic (exact) mass is 320 g/mol. The molecule has 1 fully saturated rings. The van der Waals surface area contributed by atoms with Crippen molar-refractivity contribution in [2.45, 2.75) is 66.3 Å². The van der Waals surface area contributed by atoms with Crippen molar-refractivity contribution < 1.29 is 14.0 Å². The van der Waals surface area contributed by atoms with Crippen LogP contribution in [0.2, 0.25) is 0 Å². The van der Waals surface area contributed by atoms with Crippen LogP contribution in [0.4, 0.5) is 0 Å². The van der Waals surface area contributed by atoms with Gasteiger partial charge in [-0.05, 0) is 45.6 Å². The standard InChI is InChI=1S/C14H21BO3.C3H6.C2H6/c1-13(2)14(3,4)18-15(17-13)12-8-6-11(7-9-12)10-16-5;1-3-2;1-2/h6-9H,10H2,1-5H3;3H,1H2,2H3;1-2H3. The highest BCUT2D eigenvalue weighted by atomic mass is 16.7. The van der Waals surface area contributed by atoms with E-state index in [2.05, 4.69) is 34.3 Å². The average molecular weight is 320 g/mol. The van der Waals surface area contributed by atoms with Crippen molar-refractivity contribution in [3.8, 4) is 0 Å². The first kappa shape index (κ1) is 21.9. The lowest BCUT2D eigenvalue weighted by molar-refractivity contribution is 0.00578. The topological polar surface area (TPSA) is 27.7 Å². The zero-order chi connectivity index (χ0) is 18.1. The number of methoxy groups -OCH3 is 1. The molecule has 0 bridgehead atoms. The van der Waals surface area contributed by atoms with E-state index in [-0.39, 0.29) is 18.3 Å². The summed E-state index contributed by atoms with van der Waals surface area (Å²) < 4.78 is 17.1. The first-order chi connectivity index (χ1) is 10.8. The van der Waals surface area contributed by atoms with Gasteiger partial charge < -0.3 is 14.0 Å². The predicted molar refractivity (Wildman–Crippen MR) is 100 cm³/mol. The van der Waals surface area contributed by atoms with E-state index in [4.69, 9.17) is 14.0 Å². The zero-order valence-electron chi connectivity index (χ0n) is 16.1. The summed E-state index contributed by atoms with van der Waals surface area (Å²) in [4.78, 5) is 0. The second kappa shape index (κ2) is 9.91. The summed E-state index contributed by atoms with van der Waals surface area (Å²) in [7, 11) is 1.41. The first-order valence-corrected chi connectivity index (χ1v) is 8.28. The lowest BCUT2D eigenvalue weighted by Crippen LogP contribution is -2.41. The second-order valence-electron chi connectivity index (χ2n) is 6.17. The molecule has 1 heterocycles. The van der Waals surface area contributed by atoms with Gasteiger partial charge in [0.05, 0.1) is 17.8 Å². The van der Waals surface area contributed by atoms with Gasteiger partial charge in [-0.1, -0.05) is 44.2 Å². The van der Waals surface area contributed by atoms with Crippen LogP contribution in [0.3, 0.4) is 0 Å². The van der Waals surface area contributed by atoms with E-state index in [0.717, 1.165) is 11.0 Å². The molecule has 3 nitrogen and oxygen atoms in total. The molecule has 130 valence electrons. The summed E-state index contributed by atoms with van der Waals surface area (Å²) in [5, 5.41) is 0. The molecule has 0 amide bonds. The Labute approximate surface area is 143 Å². The van der Waals surface area contributed by atoms with Gasteiger partial charge in [-0.25, -0.2) is 0 Å². The Morgan fingerprint density at radius 3 is 1.78 bits per heavy atom. The van der Waals surface area contributed by atoms with Crippen LogP contribution in [0.25, 0.3) is 0 Å². The van der Waals surface area contributed by atoms with Crippen LogP contribution in [0.5, 0.6) is 0 Å². The van der Waals surface area contributed by atoms with Crippen molar-refractivity contribution in [2.75, 3.05) is 7.11 Å². The normalized spacial score (nSPS) is 17.5. The number of ether oxygens (including phenoxy) is 1. The molecule has 4 heteroatoms. The number of hydrogen-bond acceptors (Lipinski definition) is 3. The fourth-order valence-corrected chi connectivity index (χ4v) is 1.92. The van der Waals surface area contributed by atoms with E-state index in [1.54, 1.807) is 13.2 Å². The molecule has 1 aromatic rings. The Kier molecular flexibility index (Phi) is 9.44. The third-order valence-electron chi connectivity index (χ3n) is 3.82. The highest BCUT2D eigenvalue weighted by Gasteiger charge is 2.51. The number of hydrogen-bond donors (Lipinski definition) is 0. The summed E-state index contributed by atoms with van der Waals surface area (Å²) >= 11 is 0. The van der Waals surface area contributed by atoms with E-state index in [1.165, 1.54) is 0 Å². The van der Waals surface area contributed by atoms with Crippen LogP contribution in [0.1, 0.15) is 54.0 Å². The summed E-state index contributed by atoms with van der Waals surface area (Å²) in [6.45, 7) is 18.1. The van der Waals surface area contributed by atoms with E-state index in [1.807, 2.05) is 45.0 Å². The summed E-state index contributed by atoms with van der Waals surface area (Å²) in [5.41, 5.74) is 1.62. The van der Waals surface area contributed by atoms with E-state index >= 15 is 0 Å². The molecule has 1 aliphatic rings. The summed E-state index contributed by atoms with van der Waals surface area (Å²) in [6, 6.07) is 8.17. The van der Waals surface area contributed by atoms with Gasteiger partial charge in [0.1, 0.15) is 0 Å². The Balaban J connectivity index is 0.000000868. The molecule has 0 aromatic heterocycles. The lowest BCUT2D eigenvalue weighted by Gasteiger charge is -2.32. The molecule has 0 unspecified atom stereocenters. The maximum atomic E-state index is 6.00. The lowest BCUT2D eigenvalue weighted by atomic mass is 9.79. The van der Waals surface area contributed by atoms with Gasteiger partial charge in [-0.2, -0.15) is 0 Å². The van der Waals surface area contributed by atoms with Crippen LogP contribution < -0.4 is 5.46 Å². The summed E-state index contributed by atoms with van der Waals surface area (Å²) in [6.07, 6.45) is 1.75. The highest BCUT2D eigenvalue weighted by Crippen LogP contribution is 2.36. The molecule has 0 N–H and O–H groups in total. The van der Waals surface area contributed by atoms with Crippen molar-refractivity contribution in [2.24, 2.45) is 0 Å². The Morgan fingerprint density at radius 2 is 1.43 bits per heavy atom. The van der Waals surface area contributed by atoms with Crippen molar-refractivity contribution in [3.63, 3.8) is 0 Å². The first-order valence-electron chi connectivity index (χ1n) is 8.28. The van der Waals surface area contributed by atoms with Gasteiger partial charge in [0.2, 0.25) is 0 Å². The van der Waals surface area contributed by atoms with Gasteiger partial charge in [0, 0.05) is 7.11 Å². The highest BCUT2D eigenvalue weighted by molar-refractivity contribution is 6.62. The van der Waals surface area contributed by atoms with E-state index in [0.29, 0.717) is 6.61 Å². The molecule has 2 rings (SSSR count). The molecule has 0 spiro atoms. The Hall–Kier alpha value is -1.10. The Bertz CT molecular complexity index is 436. The van der Waals surface area contributed by atoms with Crippen LogP contribution in [0.15, 0.2) is 36.9 Å². The van der Waals surface area contributed by atoms with Gasteiger partial charge in [0.15, 0.2) is 0 Å². The molecular weight excluding hydrogens is 287 g/mol. The molecule has 0 aliphatic carbocycles. The largest absolute Gasteiger partial charge is 0.494 e. The molecule has 0 radical (unpaired) electrons. The van der Waals surface area contributed by atoms with Crippen LogP contribution >= 0.6 is 0 Å². The van der Waals surface area contributed by atoms with Gasteiger partial charge in [0.25, 0.3) is 0 Å². The molecule has 23 heavy (non-hydrogen) atoms. The summed E-state index contributed by atoms with van der Waals surface area (Å²) in [5.74, 6) is 0. The van der Waals surface area contributed by atoms with Crippen molar-refractivity contribution in [3.05, 3.63) is 42.5 Å². The minimum Gasteiger partial charge on any atom is -0.399 e. The second-order valence-corrected chi connectivity index (χ2v) is 6.17. The SMILES string of the molecule is C=CC.CC.COCc1ccc(B2OC(C)(C)C(C)(C)O2)cc1. The molecular formula is C19H33BO3. The fraction of sp³-hybridized carbons (Fsp3) is 0.579. The molecule has 1 aliphatic heterocycles. The number of rotatable bonds is 3. The van der Waals surface area contributed by atoms with Gasteiger partial charge in [-0.3, -0.25) is 0 Å². The third kappa shape index (κ3) is 6.13. The third-order valence-corrected chi connectivity index (χ3v) is 3.82. The Morgan fingerprint density at radius 1 is 1.04 bits per heavy atom. The zero-order valence-corrected chi connectivity index (χ0v) is 16.1. The molecule has 0 atom stereocenters. The molecule has 1 aromatic carbocycles. The van der Waals surface area contributed by atoms with Gasteiger partial charge >= 0.3 is 7.12 Å². The molecule has 0 saturated carbocycles. The van der Waals surface area contributed by atoms with Crippen LogP contribution in [0, 0.1) is 0 Å². The van der Waals surface area contributed by atoms with Crippen molar-refractivity contribution in [1.29, 1.82) is 0 Å². The fourth-order valence-electron chi connectivity index (χ4n) is 1.92. The predicted octanol–water partition coefficient (Wildman–Crippen LogP) is 4.35. The van der Waals surface area contributed by atoms with E-state index in [9.17, 15) is 0 Å². The maximum absolute atomic E-state index is 6.00. The van der Waals surface area contributed by atoms with E-state index < -0.39 is 0 Å². The number of benzene rings is 1. The van der Waals surface area contributed by atoms with Crippen LogP contribution in [-0.2, 0) is 20.7 Å². The molecule has 1 saturated heterocycles. The minimum absolute atomic E-state index is 0.286. The quantitative estimate of drug-likeness (QED) is 0.612. The van der Waals surface area contributed by atoms with Crippen molar-refractivity contribution in [1.82, 2.24) is 0 Å². The minimum atomic E-state index is -0.289. The maximum Gasteiger partial charge on any atom is 0.494 e.